The van der Waals surface area contributed by atoms with E-state index in [4.69, 9.17) is 18.9 Å². The van der Waals surface area contributed by atoms with Crippen molar-refractivity contribution in [2.75, 3.05) is 0 Å². The number of aliphatic carboxylic acids is 3. The van der Waals surface area contributed by atoms with Crippen LogP contribution in [0.2, 0.25) is 0 Å². The van der Waals surface area contributed by atoms with E-state index in [0.717, 1.165) is 37.7 Å². The molecule has 2 aliphatic heterocycles. The van der Waals surface area contributed by atoms with E-state index in [1.54, 1.807) is 0 Å². The largest absolute Gasteiger partial charge is 0.481 e. The van der Waals surface area contributed by atoms with Gasteiger partial charge in [-0.3, -0.25) is 9.59 Å². The number of carboxylic acids is 3. The number of hydrogen-bond acceptors (Lipinski definition) is 14. The van der Waals surface area contributed by atoms with E-state index < -0.39 is 107 Å². The van der Waals surface area contributed by atoms with Gasteiger partial charge in [0.1, 0.15) is 36.6 Å². The lowest BCUT2D eigenvalue weighted by Crippen LogP contribution is -2.68. The molecule has 0 spiro atoms. The highest BCUT2D eigenvalue weighted by atomic mass is 16.8. The molecule has 7 rings (SSSR count). The third kappa shape index (κ3) is 6.72. The number of carbonyl (C=O) groups excluding carboxylic acids is 1. The quantitative estimate of drug-likeness (QED) is 0.166. The van der Waals surface area contributed by atoms with E-state index >= 15 is 0 Å². The maximum atomic E-state index is 14.8. The van der Waals surface area contributed by atoms with Gasteiger partial charge in [-0.2, -0.15) is 0 Å². The molecular formula is C42H65NO16. The summed E-state index contributed by atoms with van der Waals surface area (Å²) in [6.07, 6.45) is -12.2. The van der Waals surface area contributed by atoms with E-state index in [1.807, 2.05) is 26.8 Å². The lowest BCUT2D eigenvalue weighted by Gasteiger charge is -2.70. The summed E-state index contributed by atoms with van der Waals surface area (Å²) >= 11 is 0. The van der Waals surface area contributed by atoms with Crippen molar-refractivity contribution in [1.29, 1.82) is 0 Å². The van der Waals surface area contributed by atoms with E-state index in [1.165, 1.54) is 0 Å². The standard InChI is InChI=1S/C42H62O16.H3N/c1-37(2)21-8-11-42(7)31(20(43)16-18-19-17-39(4,36(53)54)13-12-38(19,3)14-15-41(18,42)6)40(21,5)10-9-22(37)55-35-30(26(47)25(46)29(57-35)33(51)52)58-34-27(48)23(44)24(45)28(56-34)32(49)50;/h16,19,21-31,34-35,44-48H,8-15,17H2,1-7H3,(H,49,50)(H,51,52)(H,53,54);1H3/t19-,21-,22?,23+,24-,25-,26+,27+,28-,29-,30+,31-,34+,35-,38+,39-,40-,41-,42+;/m0./s1. The van der Waals surface area contributed by atoms with Crippen LogP contribution in [0.25, 0.3) is 0 Å². The van der Waals surface area contributed by atoms with Crippen LogP contribution >= 0.6 is 0 Å². The lowest BCUT2D eigenvalue weighted by molar-refractivity contribution is -0.371. The van der Waals surface area contributed by atoms with Gasteiger partial charge in [0.2, 0.25) is 0 Å². The molecule has 5 aliphatic carbocycles. The van der Waals surface area contributed by atoms with Gasteiger partial charge in [0, 0.05) is 5.92 Å². The number of ketones is 1. The van der Waals surface area contributed by atoms with Crippen LogP contribution in [0.3, 0.4) is 0 Å². The number of carboxylic acid groups (broad SMARTS) is 3. The monoisotopic (exact) mass is 839 g/mol. The van der Waals surface area contributed by atoms with Gasteiger partial charge in [-0.05, 0) is 110 Å². The number of fused-ring (bicyclic) bond motifs is 7. The Balaban J connectivity index is 0.00000585. The van der Waals surface area contributed by atoms with Crippen LogP contribution in [0.4, 0.5) is 0 Å². The summed E-state index contributed by atoms with van der Waals surface area (Å²) in [4.78, 5) is 51.3. The van der Waals surface area contributed by atoms with Crippen molar-refractivity contribution in [2.24, 2.45) is 50.2 Å². The number of rotatable bonds is 7. The minimum atomic E-state index is -2.05. The minimum absolute atomic E-state index is 0. The second kappa shape index (κ2) is 15.1. The van der Waals surface area contributed by atoms with Crippen molar-refractivity contribution >= 4 is 23.7 Å². The molecule has 6 fully saturated rings. The Morgan fingerprint density at radius 3 is 1.86 bits per heavy atom. The molecule has 4 saturated carbocycles. The zero-order valence-electron chi connectivity index (χ0n) is 35.1. The molecule has 0 aromatic heterocycles. The third-order valence-corrected chi connectivity index (χ3v) is 17.2. The SMILES string of the molecule is CC1(C)C(O[C@H]2O[C@H](C(=O)O)[C@@H](O)[C@@H](O)[C@H]2O[C@H]2O[C@H](C(=O)O)[C@@H](O)[C@@H](O)[C@H]2O)CC[C@@]2(C)[C@H]1CC[C@]1(C)[C@H]2C(=O)C=C2[C@@H]3C[C@@](C)(C(=O)O)CC[C@]3(C)CC[C@@]21C.N. The summed E-state index contributed by atoms with van der Waals surface area (Å²) in [6, 6.07) is 0. The van der Waals surface area contributed by atoms with Gasteiger partial charge in [-0.1, -0.05) is 47.1 Å². The summed E-state index contributed by atoms with van der Waals surface area (Å²) in [7, 11) is 0. The lowest BCUT2D eigenvalue weighted by atomic mass is 9.33. The predicted octanol–water partition coefficient (Wildman–Crippen LogP) is 2.41. The Hall–Kier alpha value is -2.58. The highest BCUT2D eigenvalue weighted by Gasteiger charge is 2.71. The Kier molecular flexibility index (Phi) is 11.7. The normalized spacial score (nSPS) is 51.7. The molecule has 0 amide bonds. The van der Waals surface area contributed by atoms with Crippen molar-refractivity contribution in [2.45, 2.75) is 174 Å². The molecule has 19 atom stereocenters. The van der Waals surface area contributed by atoms with Gasteiger partial charge in [-0.15, -0.1) is 0 Å². The maximum absolute atomic E-state index is 14.8. The molecule has 0 aromatic carbocycles. The van der Waals surface area contributed by atoms with Crippen LogP contribution in [-0.2, 0) is 38.1 Å². The number of aliphatic hydroxyl groups excluding tert-OH is 5. The topological polar surface area (TPSA) is 302 Å². The molecule has 7 aliphatic rings. The molecule has 59 heavy (non-hydrogen) atoms. The third-order valence-electron chi connectivity index (χ3n) is 17.2. The van der Waals surface area contributed by atoms with Crippen LogP contribution in [0.5, 0.6) is 0 Å². The number of aliphatic hydroxyl groups is 5. The van der Waals surface area contributed by atoms with Gasteiger partial charge in [0.25, 0.3) is 0 Å². The Labute approximate surface area is 344 Å². The van der Waals surface area contributed by atoms with Crippen LogP contribution in [0, 0.1) is 50.2 Å². The van der Waals surface area contributed by atoms with Crippen molar-refractivity contribution in [1.82, 2.24) is 6.15 Å². The van der Waals surface area contributed by atoms with Crippen LogP contribution in [-0.4, -0.2) is 132 Å². The number of carbonyl (C=O) groups is 4. The number of ether oxygens (including phenoxy) is 4. The molecule has 17 heteroatoms. The maximum Gasteiger partial charge on any atom is 0.335 e. The second-order valence-electron chi connectivity index (χ2n) is 20.6. The minimum Gasteiger partial charge on any atom is -0.481 e. The number of hydrogen-bond donors (Lipinski definition) is 9. The van der Waals surface area contributed by atoms with Crippen LogP contribution in [0.1, 0.15) is 106 Å². The van der Waals surface area contributed by atoms with Crippen molar-refractivity contribution in [3.63, 3.8) is 0 Å². The average Bonchev–Trinajstić information content (AvgIpc) is 3.13. The number of allylic oxidation sites excluding steroid dienone is 2. The average molecular weight is 840 g/mol. The van der Waals surface area contributed by atoms with Gasteiger partial charge in [-0.25, -0.2) is 9.59 Å². The molecule has 334 valence electrons. The van der Waals surface area contributed by atoms with Crippen LogP contribution < -0.4 is 6.15 Å². The van der Waals surface area contributed by atoms with Crippen LogP contribution in [0.15, 0.2) is 11.6 Å². The fraction of sp³-hybridized carbons (Fsp3) is 0.857. The molecule has 1 unspecified atom stereocenters. The zero-order chi connectivity index (χ0) is 42.9. The first kappa shape index (κ1) is 45.9. The van der Waals surface area contributed by atoms with Gasteiger partial charge in [0.05, 0.1) is 11.5 Å². The molecule has 11 N–H and O–H groups in total. The molecule has 17 nitrogen and oxygen atoms in total. The van der Waals surface area contributed by atoms with E-state index in [2.05, 4.69) is 27.7 Å². The fourth-order valence-corrected chi connectivity index (χ4v) is 13.4. The van der Waals surface area contributed by atoms with Gasteiger partial charge < -0.3 is 66.0 Å². The summed E-state index contributed by atoms with van der Waals surface area (Å²) in [5.41, 5.74) is -1.81. The fourth-order valence-electron chi connectivity index (χ4n) is 13.4. The molecular weight excluding hydrogens is 774 g/mol. The van der Waals surface area contributed by atoms with Crippen molar-refractivity contribution in [3.05, 3.63) is 11.6 Å². The first-order valence-electron chi connectivity index (χ1n) is 20.7. The van der Waals surface area contributed by atoms with Crippen molar-refractivity contribution < 1.29 is 79.0 Å². The first-order chi connectivity index (χ1) is 26.8. The predicted molar refractivity (Wildman–Crippen MR) is 204 cm³/mol. The first-order valence-corrected chi connectivity index (χ1v) is 20.7. The summed E-state index contributed by atoms with van der Waals surface area (Å²) < 4.78 is 23.4. The zero-order valence-corrected chi connectivity index (χ0v) is 35.1. The van der Waals surface area contributed by atoms with Gasteiger partial charge in [0.15, 0.2) is 30.6 Å². The Bertz CT molecular complexity index is 1740. The second-order valence-corrected chi connectivity index (χ2v) is 20.6. The van der Waals surface area contributed by atoms with Gasteiger partial charge >= 0.3 is 17.9 Å². The molecule has 2 saturated heterocycles. The molecule has 0 bridgehead atoms. The summed E-state index contributed by atoms with van der Waals surface area (Å²) in [6.45, 7) is 14.8. The molecule has 0 aromatic rings. The van der Waals surface area contributed by atoms with E-state index in [9.17, 15) is 60.0 Å². The van der Waals surface area contributed by atoms with E-state index in [-0.39, 0.29) is 40.5 Å². The van der Waals surface area contributed by atoms with Crippen molar-refractivity contribution in [3.8, 4) is 0 Å². The highest BCUT2D eigenvalue weighted by molar-refractivity contribution is 5.95. The summed E-state index contributed by atoms with van der Waals surface area (Å²) in [5, 5.41) is 83.0. The molecule has 0 radical (unpaired) electrons. The summed E-state index contributed by atoms with van der Waals surface area (Å²) in [5.74, 6) is -4.47. The smallest absolute Gasteiger partial charge is 0.335 e. The Morgan fingerprint density at radius 2 is 1.27 bits per heavy atom. The van der Waals surface area contributed by atoms with E-state index in [0.29, 0.717) is 25.7 Å². The molecule has 2 heterocycles. The Morgan fingerprint density at radius 1 is 0.695 bits per heavy atom. The highest BCUT2D eigenvalue weighted by Crippen LogP contribution is 2.75.